The minimum Gasteiger partial charge on any atom is -0.480 e. The van der Waals surface area contributed by atoms with Crippen LogP contribution in [0.4, 0.5) is 4.39 Å². The number of hydrogen-bond acceptors (Lipinski definition) is 3. The van der Waals surface area contributed by atoms with Crippen LogP contribution in [0.1, 0.15) is 35.7 Å². The van der Waals surface area contributed by atoms with Gasteiger partial charge in [0, 0.05) is 5.75 Å². The fourth-order valence-electron chi connectivity index (χ4n) is 2.45. The molecule has 0 saturated carbocycles. The Morgan fingerprint density at radius 3 is 2.81 bits per heavy atom. The van der Waals surface area contributed by atoms with Crippen molar-refractivity contribution in [2.45, 2.75) is 38.1 Å². The van der Waals surface area contributed by atoms with Crippen molar-refractivity contribution in [1.29, 1.82) is 0 Å². The molecule has 1 saturated heterocycles. The largest absolute Gasteiger partial charge is 0.480 e. The molecule has 1 amide bonds. The van der Waals surface area contributed by atoms with Crippen molar-refractivity contribution < 1.29 is 19.1 Å². The predicted molar refractivity (Wildman–Crippen MR) is 79.9 cm³/mol. The van der Waals surface area contributed by atoms with Gasteiger partial charge in [-0.2, -0.15) is 0 Å². The predicted octanol–water partition coefficient (Wildman–Crippen LogP) is 2.90. The summed E-state index contributed by atoms with van der Waals surface area (Å²) in [6, 6.07) is 3.72. The first-order valence-corrected chi connectivity index (χ1v) is 7.94. The molecule has 2 unspecified atom stereocenters. The molecule has 114 valence electrons. The van der Waals surface area contributed by atoms with Crippen molar-refractivity contribution in [1.82, 2.24) is 4.90 Å². The molecular formula is C15H18FNO3S. The maximum absolute atomic E-state index is 14.1. The smallest absolute Gasteiger partial charge is 0.327 e. The van der Waals surface area contributed by atoms with Gasteiger partial charge in [-0.05, 0) is 25.0 Å². The zero-order chi connectivity index (χ0) is 15.6. The summed E-state index contributed by atoms with van der Waals surface area (Å²) >= 11 is 1.45. The lowest BCUT2D eigenvalue weighted by Crippen LogP contribution is -2.45. The van der Waals surface area contributed by atoms with Gasteiger partial charge in [-0.25, -0.2) is 9.18 Å². The maximum Gasteiger partial charge on any atom is 0.327 e. The maximum atomic E-state index is 14.1. The van der Waals surface area contributed by atoms with Crippen molar-refractivity contribution in [2.24, 2.45) is 0 Å². The average molecular weight is 311 g/mol. The number of thioether (sulfide) groups is 1. The standard InChI is InChI=1S/C15H18FNO3S/c1-3-5-12-17(11(8-21-12)15(19)20)14(18)10-7-4-6-9(2)13(10)16/h4,6-7,11-12H,3,5,8H2,1-2H3,(H,19,20). The topological polar surface area (TPSA) is 57.6 Å². The molecule has 1 aliphatic rings. The van der Waals surface area contributed by atoms with Gasteiger partial charge in [0.1, 0.15) is 11.9 Å². The lowest BCUT2D eigenvalue weighted by molar-refractivity contribution is -0.141. The van der Waals surface area contributed by atoms with E-state index in [9.17, 15) is 19.1 Å². The first-order valence-electron chi connectivity index (χ1n) is 6.89. The Kier molecular flexibility index (Phi) is 4.88. The van der Waals surface area contributed by atoms with E-state index in [0.29, 0.717) is 17.7 Å². The first kappa shape index (κ1) is 15.8. The molecule has 1 fully saturated rings. The Morgan fingerprint density at radius 1 is 1.48 bits per heavy atom. The van der Waals surface area contributed by atoms with Gasteiger partial charge < -0.3 is 10.0 Å². The summed E-state index contributed by atoms with van der Waals surface area (Å²) in [5.74, 6) is -1.80. The van der Waals surface area contributed by atoms with Gasteiger partial charge in [0.05, 0.1) is 10.9 Å². The fraction of sp³-hybridized carbons (Fsp3) is 0.467. The molecule has 6 heteroatoms. The lowest BCUT2D eigenvalue weighted by Gasteiger charge is -2.27. The molecule has 1 aromatic rings. The number of carbonyl (C=O) groups is 2. The monoisotopic (exact) mass is 311 g/mol. The summed E-state index contributed by atoms with van der Waals surface area (Å²) in [6.07, 6.45) is 1.54. The third-order valence-electron chi connectivity index (χ3n) is 3.57. The molecule has 1 aromatic carbocycles. The van der Waals surface area contributed by atoms with Crippen LogP contribution in [0.2, 0.25) is 0 Å². The van der Waals surface area contributed by atoms with E-state index in [1.54, 1.807) is 19.1 Å². The van der Waals surface area contributed by atoms with E-state index in [0.717, 1.165) is 6.42 Å². The number of aliphatic carboxylic acids is 1. The van der Waals surface area contributed by atoms with Gasteiger partial charge in [0.25, 0.3) is 5.91 Å². The zero-order valence-electron chi connectivity index (χ0n) is 12.0. The van der Waals surface area contributed by atoms with Crippen LogP contribution in [-0.2, 0) is 4.79 Å². The number of carboxylic acids is 1. The second kappa shape index (κ2) is 6.47. The van der Waals surface area contributed by atoms with Crippen molar-refractivity contribution >= 4 is 23.6 Å². The number of hydrogen-bond donors (Lipinski definition) is 1. The second-order valence-corrected chi connectivity index (χ2v) is 6.29. The number of nitrogens with zero attached hydrogens (tertiary/aromatic N) is 1. The van der Waals surface area contributed by atoms with Crippen LogP contribution in [0.15, 0.2) is 18.2 Å². The highest BCUT2D eigenvalue weighted by Crippen LogP contribution is 2.34. The summed E-state index contributed by atoms with van der Waals surface area (Å²) in [5.41, 5.74) is 0.330. The Balaban J connectivity index is 2.37. The Morgan fingerprint density at radius 2 is 2.19 bits per heavy atom. The molecule has 4 nitrogen and oxygen atoms in total. The second-order valence-electron chi connectivity index (χ2n) is 5.08. The minimum absolute atomic E-state index is 0.0511. The molecule has 21 heavy (non-hydrogen) atoms. The average Bonchev–Trinajstić information content (AvgIpc) is 2.85. The number of amides is 1. The van der Waals surface area contributed by atoms with E-state index >= 15 is 0 Å². The van der Waals surface area contributed by atoms with E-state index in [4.69, 9.17) is 0 Å². The molecule has 0 aliphatic carbocycles. The van der Waals surface area contributed by atoms with E-state index in [-0.39, 0.29) is 10.9 Å². The highest BCUT2D eigenvalue weighted by Gasteiger charge is 2.42. The van der Waals surface area contributed by atoms with Crippen molar-refractivity contribution in [2.75, 3.05) is 5.75 Å². The molecular weight excluding hydrogens is 293 g/mol. The number of carboxylic acid groups (broad SMARTS) is 1. The highest BCUT2D eigenvalue weighted by atomic mass is 32.2. The summed E-state index contributed by atoms with van der Waals surface area (Å²) in [5, 5.41) is 9.08. The van der Waals surface area contributed by atoms with E-state index in [2.05, 4.69) is 0 Å². The van der Waals surface area contributed by atoms with Crippen LogP contribution in [0, 0.1) is 12.7 Å². The van der Waals surface area contributed by atoms with Crippen molar-refractivity contribution in [3.05, 3.63) is 35.1 Å². The van der Waals surface area contributed by atoms with Crippen LogP contribution in [0.25, 0.3) is 0 Å². The fourth-order valence-corrected chi connectivity index (χ4v) is 3.96. The molecule has 1 aliphatic heterocycles. The van der Waals surface area contributed by atoms with Gasteiger partial charge >= 0.3 is 5.97 Å². The third kappa shape index (κ3) is 3.05. The molecule has 0 radical (unpaired) electrons. The van der Waals surface area contributed by atoms with Crippen molar-refractivity contribution in [3.63, 3.8) is 0 Å². The normalized spacial score (nSPS) is 21.6. The number of aryl methyl sites for hydroxylation is 1. The van der Waals surface area contributed by atoms with E-state index in [1.807, 2.05) is 6.92 Å². The van der Waals surface area contributed by atoms with E-state index < -0.39 is 23.7 Å². The van der Waals surface area contributed by atoms with Gasteiger partial charge in [-0.1, -0.05) is 25.5 Å². The molecule has 0 spiro atoms. The van der Waals surface area contributed by atoms with Crippen LogP contribution in [-0.4, -0.2) is 39.1 Å². The van der Waals surface area contributed by atoms with Crippen LogP contribution in [0.3, 0.4) is 0 Å². The Bertz CT molecular complexity index is 564. The Labute approximate surface area is 127 Å². The molecule has 1 heterocycles. The van der Waals surface area contributed by atoms with Crippen LogP contribution >= 0.6 is 11.8 Å². The first-order chi connectivity index (χ1) is 9.97. The lowest BCUT2D eigenvalue weighted by atomic mass is 10.1. The van der Waals surface area contributed by atoms with Crippen LogP contribution < -0.4 is 0 Å². The summed E-state index contributed by atoms with van der Waals surface area (Å²) in [4.78, 5) is 25.3. The minimum atomic E-state index is -1.04. The van der Waals surface area contributed by atoms with E-state index in [1.165, 1.54) is 22.7 Å². The molecule has 2 rings (SSSR count). The molecule has 0 aromatic heterocycles. The number of halogens is 1. The van der Waals surface area contributed by atoms with Gasteiger partial charge in [-0.3, -0.25) is 4.79 Å². The molecule has 1 N–H and O–H groups in total. The highest BCUT2D eigenvalue weighted by molar-refractivity contribution is 8.00. The summed E-state index contributed by atoms with van der Waals surface area (Å²) in [7, 11) is 0. The summed E-state index contributed by atoms with van der Waals surface area (Å²) < 4.78 is 14.1. The van der Waals surface area contributed by atoms with Crippen LogP contribution in [0.5, 0.6) is 0 Å². The van der Waals surface area contributed by atoms with Crippen molar-refractivity contribution in [3.8, 4) is 0 Å². The zero-order valence-corrected chi connectivity index (χ0v) is 12.8. The number of benzene rings is 1. The SMILES string of the molecule is CCCC1SCC(C(=O)O)N1C(=O)c1cccc(C)c1F. The van der Waals surface area contributed by atoms with Gasteiger partial charge in [0.2, 0.25) is 0 Å². The number of carbonyl (C=O) groups excluding carboxylic acids is 1. The number of rotatable bonds is 4. The Hall–Kier alpha value is -1.56. The van der Waals surface area contributed by atoms with Gasteiger partial charge in [-0.15, -0.1) is 11.8 Å². The molecule has 2 atom stereocenters. The molecule has 0 bridgehead atoms. The van der Waals surface area contributed by atoms with Gasteiger partial charge in [0.15, 0.2) is 0 Å². The quantitative estimate of drug-likeness (QED) is 0.929. The third-order valence-corrected chi connectivity index (χ3v) is 4.93. The summed E-state index contributed by atoms with van der Waals surface area (Å²) in [6.45, 7) is 3.56.